The molecule has 35 heavy (non-hydrogen) atoms. The molecule has 0 fully saturated rings. The second-order valence-corrected chi connectivity index (χ2v) is 11.2. The van der Waals surface area contributed by atoms with Gasteiger partial charge >= 0.3 is 5.97 Å². The number of ether oxygens (including phenoxy) is 1. The first-order chi connectivity index (χ1) is 16.7. The molecule has 0 aliphatic carbocycles. The van der Waals surface area contributed by atoms with Gasteiger partial charge in [-0.2, -0.15) is 0 Å². The zero-order chi connectivity index (χ0) is 25.1. The van der Waals surface area contributed by atoms with E-state index in [0.29, 0.717) is 37.7 Å². The number of fused-ring (bicyclic) bond motifs is 1. The van der Waals surface area contributed by atoms with Crippen LogP contribution >= 0.6 is 34.4 Å². The van der Waals surface area contributed by atoms with Gasteiger partial charge in [-0.25, -0.2) is 14.8 Å². The van der Waals surface area contributed by atoms with E-state index in [1.165, 1.54) is 11.3 Å². The van der Waals surface area contributed by atoms with Crippen molar-refractivity contribution >= 4 is 61.7 Å². The molecule has 1 aromatic carbocycles. The maximum Gasteiger partial charge on any atom is 0.350 e. The number of hydrogen-bond acceptors (Lipinski definition) is 9. The predicted octanol–water partition coefficient (Wildman–Crippen LogP) is 5.27. The number of carbonyl (C=O) groups is 2. The highest BCUT2D eigenvalue weighted by Gasteiger charge is 2.19. The Morgan fingerprint density at radius 2 is 1.91 bits per heavy atom. The second-order valence-electron chi connectivity index (χ2n) is 8.33. The number of thiophene rings is 1. The molecule has 4 aromatic rings. The Labute approximate surface area is 214 Å². The van der Waals surface area contributed by atoms with Gasteiger partial charge in [0.2, 0.25) is 5.91 Å². The van der Waals surface area contributed by atoms with Crippen molar-refractivity contribution in [2.75, 3.05) is 17.7 Å². The van der Waals surface area contributed by atoms with Crippen LogP contribution in [0.4, 0.5) is 5.13 Å². The number of amides is 1. The van der Waals surface area contributed by atoms with Crippen molar-refractivity contribution in [2.24, 2.45) is 5.92 Å². The lowest BCUT2D eigenvalue weighted by Gasteiger charge is -2.05. The number of carbonyl (C=O) groups excluding carboxylic acids is 2. The number of rotatable bonds is 8. The van der Waals surface area contributed by atoms with Crippen LogP contribution in [-0.2, 0) is 9.53 Å². The van der Waals surface area contributed by atoms with Gasteiger partial charge in [0.25, 0.3) is 5.56 Å². The summed E-state index contributed by atoms with van der Waals surface area (Å²) in [5.74, 6) is -0.512. The van der Waals surface area contributed by atoms with Crippen LogP contribution in [0.3, 0.4) is 0 Å². The van der Waals surface area contributed by atoms with Crippen LogP contribution < -0.4 is 10.9 Å². The maximum absolute atomic E-state index is 12.8. The number of thioether (sulfide) groups is 1. The first-order valence-electron chi connectivity index (χ1n) is 10.9. The van der Waals surface area contributed by atoms with Gasteiger partial charge in [0.05, 0.1) is 23.4 Å². The number of thiazole rings is 1. The number of hydrogen-bond donors (Lipinski definition) is 2. The number of aryl methyl sites for hydroxylation is 2. The van der Waals surface area contributed by atoms with Crippen molar-refractivity contribution < 1.29 is 14.3 Å². The van der Waals surface area contributed by atoms with Gasteiger partial charge in [0.15, 0.2) is 10.3 Å². The van der Waals surface area contributed by atoms with Crippen LogP contribution in [0.2, 0.25) is 0 Å². The molecular weight excluding hydrogens is 504 g/mol. The summed E-state index contributed by atoms with van der Waals surface area (Å²) in [7, 11) is 0. The van der Waals surface area contributed by atoms with E-state index < -0.39 is 5.97 Å². The van der Waals surface area contributed by atoms with E-state index >= 15 is 0 Å². The van der Waals surface area contributed by atoms with E-state index in [1.807, 2.05) is 50.4 Å². The molecular formula is C24H24N4O4S3. The fourth-order valence-corrected chi connectivity index (χ4v) is 5.72. The number of esters is 1. The first kappa shape index (κ1) is 25.1. The number of benzene rings is 1. The molecule has 0 bridgehead atoms. The highest BCUT2D eigenvalue weighted by Crippen LogP contribution is 2.31. The number of anilines is 1. The van der Waals surface area contributed by atoms with Gasteiger partial charge in [-0.15, -0.1) is 11.3 Å². The fourth-order valence-electron chi connectivity index (χ4n) is 3.18. The van der Waals surface area contributed by atoms with Crippen molar-refractivity contribution in [3.8, 4) is 11.1 Å². The van der Waals surface area contributed by atoms with Crippen LogP contribution in [0.25, 0.3) is 21.3 Å². The lowest BCUT2D eigenvalue weighted by molar-refractivity contribution is -0.113. The Kier molecular flexibility index (Phi) is 7.68. The Bertz CT molecular complexity index is 1440. The van der Waals surface area contributed by atoms with E-state index in [4.69, 9.17) is 4.74 Å². The average molecular weight is 529 g/mol. The molecule has 0 atom stereocenters. The van der Waals surface area contributed by atoms with E-state index in [-0.39, 0.29) is 23.1 Å². The SMILES string of the molecule is Cc1ccc(-c2csc3nc(SCC(=O)Nc4nc(C)c(C(=O)OCC(C)C)s4)[nH]c(=O)c23)cc1. The summed E-state index contributed by atoms with van der Waals surface area (Å²) in [6.07, 6.45) is 0. The molecule has 0 aliphatic rings. The maximum atomic E-state index is 12.8. The average Bonchev–Trinajstić information content (AvgIpc) is 3.40. The monoisotopic (exact) mass is 528 g/mol. The number of nitrogens with zero attached hydrogens (tertiary/aromatic N) is 2. The van der Waals surface area contributed by atoms with Crippen LogP contribution in [0.1, 0.15) is 34.8 Å². The molecule has 0 spiro atoms. The highest BCUT2D eigenvalue weighted by molar-refractivity contribution is 7.99. The highest BCUT2D eigenvalue weighted by atomic mass is 32.2. The summed E-state index contributed by atoms with van der Waals surface area (Å²) in [4.78, 5) is 50.0. The molecule has 3 aromatic heterocycles. The molecule has 0 saturated heterocycles. The fraction of sp³-hybridized carbons (Fsp3) is 0.292. The largest absolute Gasteiger partial charge is 0.461 e. The van der Waals surface area contributed by atoms with Gasteiger partial charge in [0, 0.05) is 10.9 Å². The molecule has 0 aliphatic heterocycles. The Balaban J connectivity index is 1.41. The number of aromatic amines is 1. The smallest absolute Gasteiger partial charge is 0.350 e. The molecule has 1 amide bonds. The lowest BCUT2D eigenvalue weighted by Crippen LogP contribution is -2.15. The summed E-state index contributed by atoms with van der Waals surface area (Å²) in [6, 6.07) is 7.98. The number of aromatic nitrogens is 3. The zero-order valence-electron chi connectivity index (χ0n) is 19.6. The molecule has 182 valence electrons. The van der Waals surface area contributed by atoms with Crippen LogP contribution in [0.15, 0.2) is 39.6 Å². The second kappa shape index (κ2) is 10.7. The predicted molar refractivity (Wildman–Crippen MR) is 142 cm³/mol. The summed E-state index contributed by atoms with van der Waals surface area (Å²) in [5, 5.41) is 5.85. The summed E-state index contributed by atoms with van der Waals surface area (Å²) < 4.78 is 5.25. The number of H-pyrrole nitrogens is 1. The Hall–Kier alpha value is -3.02. The summed E-state index contributed by atoms with van der Waals surface area (Å²) in [6.45, 7) is 7.94. The van der Waals surface area contributed by atoms with E-state index in [1.54, 1.807) is 6.92 Å². The van der Waals surface area contributed by atoms with Gasteiger partial charge in [-0.1, -0.05) is 66.8 Å². The van der Waals surface area contributed by atoms with Gasteiger partial charge in [0.1, 0.15) is 9.71 Å². The minimum atomic E-state index is -0.445. The van der Waals surface area contributed by atoms with E-state index in [9.17, 15) is 14.4 Å². The lowest BCUT2D eigenvalue weighted by atomic mass is 10.1. The molecule has 4 rings (SSSR count). The molecule has 3 heterocycles. The topological polar surface area (TPSA) is 114 Å². The molecule has 11 heteroatoms. The van der Waals surface area contributed by atoms with Crippen molar-refractivity contribution in [1.82, 2.24) is 15.0 Å². The third kappa shape index (κ3) is 5.98. The van der Waals surface area contributed by atoms with Crippen LogP contribution in [-0.4, -0.2) is 39.2 Å². The van der Waals surface area contributed by atoms with Gasteiger partial charge in [-0.05, 0) is 25.3 Å². The zero-order valence-corrected chi connectivity index (χ0v) is 22.1. The Morgan fingerprint density at radius 3 is 2.63 bits per heavy atom. The van der Waals surface area contributed by atoms with E-state index in [2.05, 4.69) is 20.3 Å². The van der Waals surface area contributed by atoms with Crippen molar-refractivity contribution in [1.29, 1.82) is 0 Å². The van der Waals surface area contributed by atoms with Gasteiger partial charge < -0.3 is 15.0 Å². The van der Waals surface area contributed by atoms with E-state index in [0.717, 1.165) is 39.8 Å². The minimum absolute atomic E-state index is 0.0242. The third-order valence-corrected chi connectivity index (χ3v) is 7.70. The third-order valence-electron chi connectivity index (χ3n) is 4.90. The van der Waals surface area contributed by atoms with Crippen LogP contribution in [0, 0.1) is 19.8 Å². The molecule has 0 unspecified atom stereocenters. The summed E-state index contributed by atoms with van der Waals surface area (Å²) >= 11 is 3.60. The number of nitrogens with one attached hydrogen (secondary N) is 2. The molecule has 0 radical (unpaired) electrons. The minimum Gasteiger partial charge on any atom is -0.461 e. The summed E-state index contributed by atoms with van der Waals surface area (Å²) in [5.41, 5.74) is 3.21. The van der Waals surface area contributed by atoms with Crippen LogP contribution in [0.5, 0.6) is 0 Å². The standard InChI is InChI=1S/C24H24N4O4S3/c1-12(2)9-32-22(31)19-14(4)25-24(35-19)26-17(29)11-34-23-27-20(30)18-16(10-33-21(18)28-23)15-7-5-13(3)6-8-15/h5-8,10,12H,9,11H2,1-4H3,(H,25,26,29)(H,27,28,30). The Morgan fingerprint density at radius 1 is 1.17 bits per heavy atom. The quantitative estimate of drug-likeness (QED) is 0.182. The van der Waals surface area contributed by atoms with Crippen molar-refractivity contribution in [3.63, 3.8) is 0 Å². The molecule has 2 N–H and O–H groups in total. The molecule has 8 nitrogen and oxygen atoms in total. The van der Waals surface area contributed by atoms with Crippen molar-refractivity contribution in [2.45, 2.75) is 32.9 Å². The van der Waals surface area contributed by atoms with Gasteiger partial charge in [-0.3, -0.25) is 9.59 Å². The van der Waals surface area contributed by atoms with Crippen molar-refractivity contribution in [3.05, 3.63) is 56.1 Å². The first-order valence-corrected chi connectivity index (χ1v) is 13.5. The normalized spacial score (nSPS) is 11.2. The molecule has 0 saturated carbocycles.